The number of aryl methyl sites for hydroxylation is 2. The molecule has 2 heterocycles. The molecule has 7 heteroatoms. The predicted molar refractivity (Wildman–Crippen MR) is 87.8 cm³/mol. The summed E-state index contributed by atoms with van der Waals surface area (Å²) in [4.78, 5) is 9.02. The summed E-state index contributed by atoms with van der Waals surface area (Å²) in [6.45, 7) is 2.71. The van der Waals surface area contributed by atoms with E-state index < -0.39 is 0 Å². The van der Waals surface area contributed by atoms with Crippen molar-refractivity contribution in [3.8, 4) is 6.07 Å². The lowest BCUT2D eigenvalue weighted by Crippen LogP contribution is -1.99. The molecule has 0 bridgehead atoms. The molecule has 0 N–H and O–H groups in total. The molecule has 0 radical (unpaired) electrons. The van der Waals surface area contributed by atoms with Gasteiger partial charge in [-0.05, 0) is 18.6 Å². The van der Waals surface area contributed by atoms with Crippen LogP contribution in [0.2, 0.25) is 0 Å². The largest absolute Gasteiger partial charge is 0.338 e. The minimum atomic E-state index is 0.453. The molecular weight excluding hydrogens is 310 g/mol. The van der Waals surface area contributed by atoms with Crippen molar-refractivity contribution >= 4 is 22.8 Å². The lowest BCUT2D eigenvalue weighted by Gasteiger charge is -2.05. The van der Waals surface area contributed by atoms with Crippen LogP contribution in [0.1, 0.15) is 31.5 Å². The van der Waals surface area contributed by atoms with Crippen molar-refractivity contribution in [1.82, 2.24) is 19.7 Å². The van der Waals surface area contributed by atoms with E-state index in [9.17, 15) is 0 Å². The molecule has 118 valence electrons. The quantitative estimate of drug-likeness (QED) is 0.617. The van der Waals surface area contributed by atoms with Gasteiger partial charge in [-0.25, -0.2) is 4.98 Å². The third kappa shape index (κ3) is 3.54. The Hall–Kier alpha value is -2.33. The molecule has 2 aromatic heterocycles. The summed E-state index contributed by atoms with van der Waals surface area (Å²) >= 11 is 1.55. The van der Waals surface area contributed by atoms with Gasteiger partial charge in [0.25, 0.3) is 0 Å². The minimum Gasteiger partial charge on any atom is -0.338 e. The highest BCUT2D eigenvalue weighted by Gasteiger charge is 2.13. The maximum absolute atomic E-state index is 8.87. The lowest BCUT2D eigenvalue weighted by atomic mass is 10.3. The van der Waals surface area contributed by atoms with Crippen molar-refractivity contribution in [2.24, 2.45) is 0 Å². The molecule has 0 fully saturated rings. The van der Waals surface area contributed by atoms with Gasteiger partial charge in [0.2, 0.25) is 5.89 Å². The fourth-order valence-electron chi connectivity index (χ4n) is 2.34. The molecule has 1 aromatic carbocycles. The summed E-state index contributed by atoms with van der Waals surface area (Å²) in [5.74, 6) is 1.94. The molecule has 23 heavy (non-hydrogen) atoms. The number of nitriles is 1. The van der Waals surface area contributed by atoms with Gasteiger partial charge in [-0.15, -0.1) is 0 Å². The number of benzene rings is 1. The highest BCUT2D eigenvalue weighted by molar-refractivity contribution is 7.98. The van der Waals surface area contributed by atoms with Crippen molar-refractivity contribution in [2.75, 3.05) is 0 Å². The first kappa shape index (κ1) is 15.6. The average Bonchev–Trinajstić information content (AvgIpc) is 3.15. The van der Waals surface area contributed by atoms with Crippen LogP contribution in [-0.2, 0) is 18.7 Å². The number of hydrogen-bond acceptors (Lipinski definition) is 6. The van der Waals surface area contributed by atoms with Gasteiger partial charge in [0, 0.05) is 13.0 Å². The second-order valence-electron chi connectivity index (χ2n) is 5.09. The fraction of sp³-hybridized carbons (Fsp3) is 0.375. The van der Waals surface area contributed by atoms with E-state index in [-0.39, 0.29) is 0 Å². The van der Waals surface area contributed by atoms with Crippen LogP contribution in [0.5, 0.6) is 0 Å². The van der Waals surface area contributed by atoms with Crippen LogP contribution in [0, 0.1) is 11.3 Å². The number of aromatic nitrogens is 4. The van der Waals surface area contributed by atoms with Crippen LogP contribution in [0.25, 0.3) is 11.0 Å². The molecule has 0 saturated carbocycles. The van der Waals surface area contributed by atoms with E-state index in [2.05, 4.69) is 32.7 Å². The van der Waals surface area contributed by atoms with E-state index in [1.165, 1.54) is 0 Å². The molecule has 0 saturated heterocycles. The van der Waals surface area contributed by atoms with Crippen LogP contribution in [0.15, 0.2) is 33.9 Å². The second kappa shape index (κ2) is 7.29. The minimum absolute atomic E-state index is 0.453. The number of nitrogens with zero attached hydrogens (tertiary/aromatic N) is 5. The van der Waals surface area contributed by atoms with Gasteiger partial charge < -0.3 is 9.09 Å². The normalized spacial score (nSPS) is 11.0. The van der Waals surface area contributed by atoms with Crippen LogP contribution < -0.4 is 0 Å². The maximum atomic E-state index is 8.87. The number of imidazole rings is 1. The van der Waals surface area contributed by atoms with Crippen LogP contribution in [0.4, 0.5) is 0 Å². The molecule has 3 aromatic rings. The average molecular weight is 327 g/mol. The third-order valence-electron chi connectivity index (χ3n) is 3.38. The summed E-state index contributed by atoms with van der Waals surface area (Å²) in [6, 6.07) is 10.1. The summed E-state index contributed by atoms with van der Waals surface area (Å²) in [5.41, 5.74) is 1.98. The smallest absolute Gasteiger partial charge is 0.237 e. The monoisotopic (exact) mass is 327 g/mol. The Labute approximate surface area is 138 Å². The Bertz CT molecular complexity index is 832. The SMILES string of the molecule is CCCc1noc(CSc2nc3ccccc3n2CCC#N)n1. The Balaban J connectivity index is 1.79. The van der Waals surface area contributed by atoms with E-state index in [4.69, 9.17) is 9.78 Å². The number of hydrogen-bond donors (Lipinski definition) is 0. The molecule has 0 spiro atoms. The summed E-state index contributed by atoms with van der Waals surface area (Å²) in [7, 11) is 0. The summed E-state index contributed by atoms with van der Waals surface area (Å²) < 4.78 is 7.34. The zero-order chi connectivity index (χ0) is 16.1. The Morgan fingerprint density at radius 2 is 2.17 bits per heavy atom. The molecule has 0 aliphatic rings. The first-order valence-corrected chi connectivity index (χ1v) is 8.57. The van der Waals surface area contributed by atoms with Crippen molar-refractivity contribution in [2.45, 2.75) is 43.6 Å². The van der Waals surface area contributed by atoms with Gasteiger partial charge in [0.05, 0.1) is 29.3 Å². The first-order valence-electron chi connectivity index (χ1n) is 7.58. The van der Waals surface area contributed by atoms with E-state index >= 15 is 0 Å². The van der Waals surface area contributed by atoms with Gasteiger partial charge in [-0.2, -0.15) is 10.2 Å². The zero-order valence-electron chi connectivity index (χ0n) is 12.9. The Morgan fingerprint density at radius 3 is 3.00 bits per heavy atom. The van der Waals surface area contributed by atoms with E-state index in [0.717, 1.165) is 34.9 Å². The van der Waals surface area contributed by atoms with Crippen LogP contribution in [0.3, 0.4) is 0 Å². The highest BCUT2D eigenvalue weighted by atomic mass is 32.2. The Kier molecular flexibility index (Phi) is 4.93. The van der Waals surface area contributed by atoms with E-state index in [0.29, 0.717) is 24.6 Å². The number of thioether (sulfide) groups is 1. The number of para-hydroxylation sites is 2. The molecule has 0 aliphatic heterocycles. The van der Waals surface area contributed by atoms with E-state index in [1.807, 2.05) is 24.3 Å². The molecule has 0 unspecified atom stereocenters. The van der Waals surface area contributed by atoms with Gasteiger partial charge in [0.1, 0.15) is 0 Å². The maximum Gasteiger partial charge on any atom is 0.237 e. The van der Waals surface area contributed by atoms with Crippen molar-refractivity contribution in [3.05, 3.63) is 36.0 Å². The molecule has 0 atom stereocenters. The van der Waals surface area contributed by atoms with E-state index in [1.54, 1.807) is 11.8 Å². The number of rotatable bonds is 7. The standard InChI is InChI=1S/C16H17N5OS/c1-2-6-14-19-15(22-20-14)11-23-16-18-12-7-3-4-8-13(12)21(16)10-5-9-17/h3-4,7-8H,2,5-6,10-11H2,1H3. The Morgan fingerprint density at radius 1 is 1.30 bits per heavy atom. The van der Waals surface area contributed by atoms with Gasteiger partial charge >= 0.3 is 0 Å². The molecule has 6 nitrogen and oxygen atoms in total. The lowest BCUT2D eigenvalue weighted by molar-refractivity contribution is 0.384. The van der Waals surface area contributed by atoms with Crippen molar-refractivity contribution in [1.29, 1.82) is 5.26 Å². The summed E-state index contributed by atoms with van der Waals surface area (Å²) in [5, 5.41) is 13.7. The number of fused-ring (bicyclic) bond motifs is 1. The van der Waals surface area contributed by atoms with Crippen molar-refractivity contribution < 1.29 is 4.52 Å². The second-order valence-corrected chi connectivity index (χ2v) is 6.03. The third-order valence-corrected chi connectivity index (χ3v) is 4.34. The van der Waals surface area contributed by atoms with Crippen LogP contribution >= 0.6 is 11.8 Å². The topological polar surface area (TPSA) is 80.5 Å². The molecule has 0 amide bonds. The van der Waals surface area contributed by atoms with Crippen LogP contribution in [-0.4, -0.2) is 19.7 Å². The van der Waals surface area contributed by atoms with Gasteiger partial charge in [0.15, 0.2) is 11.0 Å². The predicted octanol–water partition coefficient (Wildman–Crippen LogP) is 3.58. The first-order chi connectivity index (χ1) is 11.3. The fourth-order valence-corrected chi connectivity index (χ4v) is 3.22. The van der Waals surface area contributed by atoms with Gasteiger partial charge in [-0.3, -0.25) is 0 Å². The van der Waals surface area contributed by atoms with Crippen molar-refractivity contribution in [3.63, 3.8) is 0 Å². The van der Waals surface area contributed by atoms with Gasteiger partial charge in [-0.1, -0.05) is 36.0 Å². The zero-order valence-corrected chi connectivity index (χ0v) is 13.7. The summed E-state index contributed by atoms with van der Waals surface area (Å²) in [6.07, 6.45) is 2.28. The molecular formula is C16H17N5OS. The highest BCUT2D eigenvalue weighted by Crippen LogP contribution is 2.26. The molecule has 3 rings (SSSR count). The molecule has 0 aliphatic carbocycles.